The van der Waals surface area contributed by atoms with E-state index >= 15 is 0 Å². The van der Waals surface area contributed by atoms with Gasteiger partial charge in [0.25, 0.3) is 0 Å². The van der Waals surface area contributed by atoms with E-state index in [0.717, 1.165) is 4.31 Å². The van der Waals surface area contributed by atoms with Gasteiger partial charge in [-0.05, 0) is 12.1 Å². The maximum Gasteiger partial charge on any atom is 0.244 e. The first-order chi connectivity index (χ1) is 5.94. The summed E-state index contributed by atoms with van der Waals surface area (Å²) in [6.45, 7) is 5.33. The third-order valence-electron chi connectivity index (χ3n) is 1.54. The molecule has 1 aromatic rings. The molecule has 0 aromatic carbocycles. The Hall–Kier alpha value is -0.940. The van der Waals surface area contributed by atoms with Crippen molar-refractivity contribution in [1.82, 2.24) is 9.29 Å². The second kappa shape index (κ2) is 3.43. The predicted molar refractivity (Wildman–Crippen MR) is 48.5 cm³/mol. The van der Waals surface area contributed by atoms with Crippen molar-refractivity contribution in [1.29, 1.82) is 0 Å². The predicted octanol–water partition coefficient (Wildman–Crippen LogP) is 0.391. The molecule has 0 aliphatic heterocycles. The van der Waals surface area contributed by atoms with Gasteiger partial charge >= 0.3 is 0 Å². The van der Waals surface area contributed by atoms with Crippen molar-refractivity contribution in [2.24, 2.45) is 0 Å². The maximum absolute atomic E-state index is 11.5. The molecule has 0 saturated heterocycles. The van der Waals surface area contributed by atoms with Crippen LogP contribution in [0.5, 0.6) is 0 Å². The summed E-state index contributed by atoms with van der Waals surface area (Å²) in [4.78, 5) is 3.84. The lowest BCUT2D eigenvalue weighted by molar-refractivity contribution is 0.520. The highest BCUT2D eigenvalue weighted by molar-refractivity contribution is 7.89. The monoisotopic (exact) mass is 198 g/mol. The largest absolute Gasteiger partial charge is 0.260 e. The molecule has 0 aliphatic carbocycles. The summed E-state index contributed by atoms with van der Waals surface area (Å²) in [6.07, 6.45) is 1.24. The van der Waals surface area contributed by atoms with Crippen LogP contribution < -0.4 is 0 Å². The second-order valence-corrected chi connectivity index (χ2v) is 4.86. The van der Waals surface area contributed by atoms with Crippen LogP contribution in [0.4, 0.5) is 0 Å². The van der Waals surface area contributed by atoms with Crippen molar-refractivity contribution in [3.8, 4) is 0 Å². The number of hydrogen-bond acceptors (Lipinski definition) is 3. The van der Waals surface area contributed by atoms with Gasteiger partial charge < -0.3 is 0 Å². The van der Waals surface area contributed by atoms with Gasteiger partial charge in [-0.3, -0.25) is 4.98 Å². The zero-order chi connectivity index (χ0) is 10.1. The summed E-state index contributed by atoms with van der Waals surface area (Å²) < 4.78 is 24.1. The Bertz CT molecular complexity index is 381. The zero-order valence-electron chi connectivity index (χ0n) is 7.43. The maximum atomic E-state index is 11.5. The Labute approximate surface area is 78.3 Å². The SMILES string of the molecule is [CH]c1ccc(S(=O)(=O)N(C)C)cn1. The summed E-state index contributed by atoms with van der Waals surface area (Å²) in [6, 6.07) is 2.88. The molecular weight excluding hydrogens is 188 g/mol. The first kappa shape index (κ1) is 10.1. The van der Waals surface area contributed by atoms with Gasteiger partial charge in [0, 0.05) is 32.9 Å². The Kier molecular flexibility index (Phi) is 2.68. The van der Waals surface area contributed by atoms with Gasteiger partial charge in [-0.2, -0.15) is 0 Å². The van der Waals surface area contributed by atoms with E-state index in [2.05, 4.69) is 4.98 Å². The smallest absolute Gasteiger partial charge is 0.244 e. The number of aromatic nitrogens is 1. The fourth-order valence-corrected chi connectivity index (χ4v) is 1.60. The molecule has 4 nitrogen and oxygen atoms in total. The molecule has 70 valence electrons. The van der Waals surface area contributed by atoms with E-state index in [9.17, 15) is 8.42 Å². The third kappa shape index (κ3) is 2.05. The molecule has 1 heterocycles. The molecular formula is C8H10N2O2S. The molecule has 0 saturated carbocycles. The molecule has 0 unspecified atom stereocenters. The van der Waals surface area contributed by atoms with Crippen molar-refractivity contribution < 1.29 is 8.42 Å². The van der Waals surface area contributed by atoms with E-state index in [0.29, 0.717) is 5.69 Å². The molecule has 0 amide bonds. The molecule has 1 rings (SSSR count). The van der Waals surface area contributed by atoms with Crippen LogP contribution in [0.2, 0.25) is 0 Å². The molecule has 5 heteroatoms. The quantitative estimate of drug-likeness (QED) is 0.690. The van der Waals surface area contributed by atoms with Gasteiger partial charge in [0.05, 0.1) is 0 Å². The molecule has 0 atom stereocenters. The lowest BCUT2D eigenvalue weighted by atomic mass is 10.4. The van der Waals surface area contributed by atoms with Crippen LogP contribution in [-0.2, 0) is 10.0 Å². The van der Waals surface area contributed by atoms with Gasteiger partial charge in [0.2, 0.25) is 10.0 Å². The standard InChI is InChI=1S/C8H10N2O2S/c1-7-4-5-8(6-9-7)13(11,12)10(2)3/h1,4-6H,2-3H3. The minimum Gasteiger partial charge on any atom is -0.260 e. The van der Waals surface area contributed by atoms with Crippen LogP contribution in [0.25, 0.3) is 0 Å². The fourth-order valence-electron chi connectivity index (χ4n) is 0.755. The van der Waals surface area contributed by atoms with E-state index in [1.807, 2.05) is 0 Å². The highest BCUT2D eigenvalue weighted by Gasteiger charge is 2.16. The molecule has 2 radical (unpaired) electrons. The first-order valence-corrected chi connectivity index (χ1v) is 5.02. The van der Waals surface area contributed by atoms with Crippen molar-refractivity contribution in [2.75, 3.05) is 14.1 Å². The summed E-state index contributed by atoms with van der Waals surface area (Å²) >= 11 is 0. The molecule has 1 aromatic heterocycles. The number of sulfonamides is 1. The van der Waals surface area contributed by atoms with E-state index in [4.69, 9.17) is 6.92 Å². The highest BCUT2D eigenvalue weighted by Crippen LogP contribution is 2.11. The lowest BCUT2D eigenvalue weighted by Crippen LogP contribution is -2.22. The first-order valence-electron chi connectivity index (χ1n) is 3.58. The van der Waals surface area contributed by atoms with Crippen LogP contribution in [0.1, 0.15) is 5.69 Å². The topological polar surface area (TPSA) is 50.3 Å². The Morgan fingerprint density at radius 1 is 1.38 bits per heavy atom. The van der Waals surface area contributed by atoms with Crippen LogP contribution in [0, 0.1) is 6.92 Å². The Balaban J connectivity index is 3.17. The van der Waals surface area contributed by atoms with Gasteiger partial charge in [0.1, 0.15) is 4.90 Å². The van der Waals surface area contributed by atoms with Crippen molar-refractivity contribution in [3.63, 3.8) is 0 Å². The minimum absolute atomic E-state index is 0.145. The summed E-state index contributed by atoms with van der Waals surface area (Å²) in [5, 5.41) is 0. The van der Waals surface area contributed by atoms with Crippen LogP contribution >= 0.6 is 0 Å². The zero-order valence-corrected chi connectivity index (χ0v) is 8.25. The van der Waals surface area contributed by atoms with E-state index in [-0.39, 0.29) is 4.90 Å². The van der Waals surface area contributed by atoms with Crippen LogP contribution in [0.15, 0.2) is 23.2 Å². The van der Waals surface area contributed by atoms with E-state index < -0.39 is 10.0 Å². The number of pyridine rings is 1. The van der Waals surface area contributed by atoms with Crippen molar-refractivity contribution in [3.05, 3.63) is 30.9 Å². The lowest BCUT2D eigenvalue weighted by Gasteiger charge is -2.10. The fraction of sp³-hybridized carbons (Fsp3) is 0.250. The van der Waals surface area contributed by atoms with E-state index in [1.165, 1.54) is 32.4 Å². The number of hydrogen-bond donors (Lipinski definition) is 0. The highest BCUT2D eigenvalue weighted by atomic mass is 32.2. The van der Waals surface area contributed by atoms with Gasteiger partial charge in [0.15, 0.2) is 0 Å². The molecule has 0 bridgehead atoms. The summed E-state index contributed by atoms with van der Waals surface area (Å²) in [7, 11) is -0.450. The van der Waals surface area contributed by atoms with Gasteiger partial charge in [-0.15, -0.1) is 0 Å². The van der Waals surface area contributed by atoms with Crippen LogP contribution in [-0.4, -0.2) is 31.8 Å². The van der Waals surface area contributed by atoms with Crippen molar-refractivity contribution >= 4 is 10.0 Å². The third-order valence-corrected chi connectivity index (χ3v) is 3.34. The van der Waals surface area contributed by atoms with Gasteiger partial charge in [-0.1, -0.05) is 0 Å². The van der Waals surface area contributed by atoms with Crippen molar-refractivity contribution in [2.45, 2.75) is 4.90 Å². The summed E-state index contributed by atoms with van der Waals surface area (Å²) in [5.41, 5.74) is 0.303. The summed E-state index contributed by atoms with van der Waals surface area (Å²) in [5.74, 6) is 0. The average Bonchev–Trinajstić information content (AvgIpc) is 2.04. The average molecular weight is 198 g/mol. The number of rotatable bonds is 2. The Morgan fingerprint density at radius 2 is 2.00 bits per heavy atom. The molecule has 0 spiro atoms. The normalized spacial score (nSPS) is 12.0. The molecule has 0 fully saturated rings. The second-order valence-electron chi connectivity index (χ2n) is 2.71. The number of nitrogens with zero attached hydrogens (tertiary/aromatic N) is 2. The molecule has 13 heavy (non-hydrogen) atoms. The van der Waals surface area contributed by atoms with Gasteiger partial charge in [-0.25, -0.2) is 12.7 Å². The molecule has 0 N–H and O–H groups in total. The minimum atomic E-state index is -3.38. The van der Waals surface area contributed by atoms with E-state index in [1.54, 1.807) is 0 Å². The van der Waals surface area contributed by atoms with Crippen LogP contribution in [0.3, 0.4) is 0 Å². The Morgan fingerprint density at radius 3 is 2.38 bits per heavy atom. The molecule has 0 aliphatic rings.